The maximum absolute atomic E-state index is 4.84. The first-order chi connectivity index (χ1) is 12.8. The van der Waals surface area contributed by atoms with Crippen LogP contribution in [-0.4, -0.2) is 30.0 Å². The van der Waals surface area contributed by atoms with Crippen LogP contribution in [0.5, 0.6) is 0 Å². The van der Waals surface area contributed by atoms with Crippen LogP contribution in [0.2, 0.25) is 0 Å². The molecule has 0 saturated carbocycles. The standard InChI is InChI=1S/C19H18N6S/c1-2-24-19(20-22-23-24)26-14-16-13-25(17-11-7-4-8-12-17)21-18(16)15-9-5-3-6-10-15/h3-13H,2,14H2,1H3. The fraction of sp³-hybridized carbons (Fsp3) is 0.158. The highest BCUT2D eigenvalue weighted by Crippen LogP contribution is 2.29. The molecule has 0 saturated heterocycles. The molecular formula is C19H18N6S. The zero-order chi connectivity index (χ0) is 17.8. The first kappa shape index (κ1) is 16.5. The highest BCUT2D eigenvalue weighted by atomic mass is 32.2. The highest BCUT2D eigenvalue weighted by molar-refractivity contribution is 7.98. The highest BCUT2D eigenvalue weighted by Gasteiger charge is 2.14. The molecule has 0 bridgehead atoms. The summed E-state index contributed by atoms with van der Waals surface area (Å²) in [6.07, 6.45) is 2.09. The molecular weight excluding hydrogens is 344 g/mol. The predicted octanol–water partition coefficient (Wildman–Crippen LogP) is 3.84. The lowest BCUT2D eigenvalue weighted by molar-refractivity contribution is 0.581. The number of aromatic nitrogens is 6. The number of para-hydroxylation sites is 1. The molecule has 0 unspecified atom stereocenters. The van der Waals surface area contributed by atoms with E-state index >= 15 is 0 Å². The summed E-state index contributed by atoms with van der Waals surface area (Å²) < 4.78 is 3.73. The summed E-state index contributed by atoms with van der Waals surface area (Å²) in [5.74, 6) is 0.747. The quantitative estimate of drug-likeness (QED) is 0.488. The number of nitrogens with zero attached hydrogens (tertiary/aromatic N) is 6. The smallest absolute Gasteiger partial charge is 0.209 e. The third-order valence-electron chi connectivity index (χ3n) is 4.01. The average Bonchev–Trinajstić information content (AvgIpc) is 3.34. The third kappa shape index (κ3) is 3.39. The molecule has 0 amide bonds. The molecule has 4 aromatic rings. The predicted molar refractivity (Wildman–Crippen MR) is 102 cm³/mol. The lowest BCUT2D eigenvalue weighted by Gasteiger charge is -2.02. The summed E-state index contributed by atoms with van der Waals surface area (Å²) in [6.45, 7) is 2.79. The molecule has 0 radical (unpaired) electrons. The number of hydrogen-bond donors (Lipinski definition) is 0. The molecule has 0 fully saturated rings. The van der Waals surface area contributed by atoms with Gasteiger partial charge in [0.25, 0.3) is 0 Å². The summed E-state index contributed by atoms with van der Waals surface area (Å²) >= 11 is 1.62. The van der Waals surface area contributed by atoms with Crippen LogP contribution in [0.3, 0.4) is 0 Å². The zero-order valence-electron chi connectivity index (χ0n) is 14.4. The molecule has 7 heteroatoms. The van der Waals surface area contributed by atoms with E-state index in [0.29, 0.717) is 0 Å². The van der Waals surface area contributed by atoms with Crippen molar-refractivity contribution in [3.8, 4) is 16.9 Å². The van der Waals surface area contributed by atoms with E-state index in [9.17, 15) is 0 Å². The van der Waals surface area contributed by atoms with Crippen molar-refractivity contribution in [2.45, 2.75) is 24.4 Å². The van der Waals surface area contributed by atoms with Gasteiger partial charge in [-0.3, -0.25) is 0 Å². The number of aryl methyl sites for hydroxylation is 1. The second-order valence-corrected chi connectivity index (χ2v) is 6.66. The van der Waals surface area contributed by atoms with Crippen molar-refractivity contribution in [1.29, 1.82) is 0 Å². The van der Waals surface area contributed by atoms with Crippen LogP contribution in [0.1, 0.15) is 12.5 Å². The summed E-state index contributed by atoms with van der Waals surface area (Å²) in [7, 11) is 0. The molecule has 2 heterocycles. The first-order valence-electron chi connectivity index (χ1n) is 8.43. The largest absolute Gasteiger partial charge is 0.240 e. The van der Waals surface area contributed by atoms with E-state index in [1.54, 1.807) is 16.4 Å². The molecule has 0 aliphatic rings. The third-order valence-corrected chi connectivity index (χ3v) is 5.02. The van der Waals surface area contributed by atoms with E-state index in [-0.39, 0.29) is 0 Å². The van der Waals surface area contributed by atoms with Gasteiger partial charge in [-0.15, -0.1) is 5.10 Å². The van der Waals surface area contributed by atoms with Crippen molar-refractivity contribution >= 4 is 11.8 Å². The molecule has 0 atom stereocenters. The summed E-state index contributed by atoms with van der Waals surface area (Å²) in [5, 5.41) is 17.5. The second-order valence-electron chi connectivity index (χ2n) is 5.71. The second kappa shape index (κ2) is 7.53. The minimum Gasteiger partial charge on any atom is -0.240 e. The molecule has 4 rings (SSSR count). The first-order valence-corrected chi connectivity index (χ1v) is 9.42. The van der Waals surface area contributed by atoms with Gasteiger partial charge in [0.05, 0.1) is 11.4 Å². The van der Waals surface area contributed by atoms with Crippen LogP contribution in [0, 0.1) is 0 Å². The van der Waals surface area contributed by atoms with E-state index in [1.807, 2.05) is 48.0 Å². The normalized spacial score (nSPS) is 11.0. The maximum atomic E-state index is 4.84. The van der Waals surface area contributed by atoms with Gasteiger partial charge in [-0.1, -0.05) is 60.3 Å². The van der Waals surface area contributed by atoms with Gasteiger partial charge in [0.1, 0.15) is 0 Å². The maximum Gasteiger partial charge on any atom is 0.209 e. The lowest BCUT2D eigenvalue weighted by atomic mass is 10.1. The minimum atomic E-state index is 0.747. The Kier molecular flexibility index (Phi) is 4.79. The van der Waals surface area contributed by atoms with E-state index < -0.39 is 0 Å². The number of rotatable bonds is 6. The molecule has 0 spiro atoms. The van der Waals surface area contributed by atoms with Gasteiger partial charge in [0, 0.05) is 29.6 Å². The fourth-order valence-electron chi connectivity index (χ4n) is 2.71. The van der Waals surface area contributed by atoms with E-state index in [4.69, 9.17) is 5.10 Å². The molecule has 0 aliphatic carbocycles. The van der Waals surface area contributed by atoms with Crippen molar-refractivity contribution in [1.82, 2.24) is 30.0 Å². The number of benzene rings is 2. The molecule has 2 aromatic heterocycles. The van der Waals surface area contributed by atoms with Crippen LogP contribution >= 0.6 is 11.8 Å². The van der Waals surface area contributed by atoms with Crippen LogP contribution in [0.15, 0.2) is 72.0 Å². The SMILES string of the molecule is CCn1nnnc1SCc1cn(-c2ccccc2)nc1-c1ccccc1. The van der Waals surface area contributed by atoms with E-state index in [1.165, 1.54) is 0 Å². The topological polar surface area (TPSA) is 61.4 Å². The van der Waals surface area contributed by atoms with Crippen LogP contribution in [-0.2, 0) is 12.3 Å². The molecule has 6 nitrogen and oxygen atoms in total. The molecule has 130 valence electrons. The minimum absolute atomic E-state index is 0.747. The van der Waals surface area contributed by atoms with Crippen molar-refractivity contribution < 1.29 is 0 Å². The Hall–Kier alpha value is -2.93. The van der Waals surface area contributed by atoms with Crippen molar-refractivity contribution in [2.24, 2.45) is 0 Å². The zero-order valence-corrected chi connectivity index (χ0v) is 15.2. The van der Waals surface area contributed by atoms with E-state index in [0.717, 1.165) is 40.0 Å². The van der Waals surface area contributed by atoms with Gasteiger partial charge >= 0.3 is 0 Å². The van der Waals surface area contributed by atoms with Crippen LogP contribution < -0.4 is 0 Å². The summed E-state index contributed by atoms with van der Waals surface area (Å²) in [4.78, 5) is 0. The van der Waals surface area contributed by atoms with Gasteiger partial charge in [0.2, 0.25) is 5.16 Å². The number of tetrazole rings is 1. The van der Waals surface area contributed by atoms with E-state index in [2.05, 4.69) is 46.0 Å². The van der Waals surface area contributed by atoms with Crippen molar-refractivity contribution in [3.05, 3.63) is 72.4 Å². The Morgan fingerprint density at radius 3 is 2.42 bits per heavy atom. The number of thioether (sulfide) groups is 1. The van der Waals surface area contributed by atoms with Gasteiger partial charge in [-0.05, 0) is 29.5 Å². The van der Waals surface area contributed by atoms with Gasteiger partial charge in [-0.2, -0.15) is 5.10 Å². The van der Waals surface area contributed by atoms with Gasteiger partial charge in [0.15, 0.2) is 0 Å². The van der Waals surface area contributed by atoms with Crippen LogP contribution in [0.4, 0.5) is 0 Å². The Bertz CT molecular complexity index is 978. The monoisotopic (exact) mass is 362 g/mol. The average molecular weight is 362 g/mol. The molecule has 0 aliphatic heterocycles. The lowest BCUT2D eigenvalue weighted by Crippen LogP contribution is -1.98. The Labute approximate surface area is 155 Å². The Morgan fingerprint density at radius 1 is 0.962 bits per heavy atom. The summed E-state index contributed by atoms with van der Waals surface area (Å²) in [5.41, 5.74) is 4.28. The van der Waals surface area contributed by atoms with Crippen LogP contribution in [0.25, 0.3) is 16.9 Å². The van der Waals surface area contributed by atoms with Crippen molar-refractivity contribution in [3.63, 3.8) is 0 Å². The summed E-state index contributed by atoms with van der Waals surface area (Å²) in [6, 6.07) is 20.4. The van der Waals surface area contributed by atoms with Gasteiger partial charge in [-0.25, -0.2) is 9.36 Å². The van der Waals surface area contributed by atoms with Gasteiger partial charge < -0.3 is 0 Å². The molecule has 0 N–H and O–H groups in total. The molecule has 2 aromatic carbocycles. The number of hydrogen-bond acceptors (Lipinski definition) is 5. The molecule has 26 heavy (non-hydrogen) atoms. The Balaban J connectivity index is 1.69. The van der Waals surface area contributed by atoms with Crippen molar-refractivity contribution in [2.75, 3.05) is 0 Å². The fourth-order valence-corrected chi connectivity index (χ4v) is 3.61. The Morgan fingerprint density at radius 2 is 1.69 bits per heavy atom.